The average molecular weight is 315 g/mol. The zero-order valence-electron chi connectivity index (χ0n) is 10.9. The molecule has 108 valence electrons. The van der Waals surface area contributed by atoms with Crippen LogP contribution in [0.15, 0.2) is 42.7 Å². The Balaban J connectivity index is 1.90. The Kier molecular flexibility index (Phi) is 2.90. The molecule has 1 aromatic carbocycles. The summed E-state index contributed by atoms with van der Waals surface area (Å²) in [6.07, 6.45) is 3.34. The molecular formula is C14H7F2N5S. The van der Waals surface area contributed by atoms with Crippen LogP contribution in [0.25, 0.3) is 26.9 Å². The summed E-state index contributed by atoms with van der Waals surface area (Å²) in [4.78, 5) is 4.53. The van der Waals surface area contributed by atoms with Crippen molar-refractivity contribution in [3.8, 4) is 22.0 Å². The molecule has 0 aliphatic rings. The van der Waals surface area contributed by atoms with Gasteiger partial charge >= 0.3 is 0 Å². The lowest BCUT2D eigenvalue weighted by Crippen LogP contribution is -1.95. The van der Waals surface area contributed by atoms with Gasteiger partial charge < -0.3 is 0 Å². The fraction of sp³-hybridized carbons (Fsp3) is 0. The summed E-state index contributed by atoms with van der Waals surface area (Å²) in [6, 6.07) is 7.58. The van der Waals surface area contributed by atoms with Crippen molar-refractivity contribution in [2.75, 3.05) is 0 Å². The minimum atomic E-state index is -0.965. The van der Waals surface area contributed by atoms with Crippen LogP contribution in [0.2, 0.25) is 0 Å². The third-order valence-electron chi connectivity index (χ3n) is 3.09. The van der Waals surface area contributed by atoms with E-state index in [1.165, 1.54) is 28.0 Å². The van der Waals surface area contributed by atoms with Crippen molar-refractivity contribution >= 4 is 16.3 Å². The normalized spacial score (nSPS) is 11.2. The van der Waals surface area contributed by atoms with Crippen LogP contribution in [0, 0.1) is 11.6 Å². The Morgan fingerprint density at radius 2 is 1.95 bits per heavy atom. The van der Waals surface area contributed by atoms with Crippen LogP contribution in [0.4, 0.5) is 8.78 Å². The molecule has 4 aromatic rings. The van der Waals surface area contributed by atoms with Gasteiger partial charge in [0.1, 0.15) is 5.01 Å². The van der Waals surface area contributed by atoms with Crippen LogP contribution < -0.4 is 0 Å². The number of pyridine rings is 1. The van der Waals surface area contributed by atoms with Crippen molar-refractivity contribution in [3.63, 3.8) is 0 Å². The van der Waals surface area contributed by atoms with Crippen molar-refractivity contribution < 1.29 is 8.78 Å². The topological polar surface area (TPSA) is 56.0 Å². The van der Waals surface area contributed by atoms with Crippen molar-refractivity contribution in [2.24, 2.45) is 0 Å². The molecule has 0 aliphatic carbocycles. The Morgan fingerprint density at radius 3 is 2.77 bits per heavy atom. The summed E-state index contributed by atoms with van der Waals surface area (Å²) < 4.78 is 28.7. The highest BCUT2D eigenvalue weighted by Crippen LogP contribution is 2.28. The Bertz CT molecular complexity index is 964. The first-order valence-corrected chi connectivity index (χ1v) is 7.13. The van der Waals surface area contributed by atoms with Gasteiger partial charge in [0.2, 0.25) is 4.96 Å². The van der Waals surface area contributed by atoms with Crippen molar-refractivity contribution in [1.29, 1.82) is 0 Å². The number of rotatable bonds is 2. The molecule has 0 aliphatic heterocycles. The molecule has 0 amide bonds. The Morgan fingerprint density at radius 1 is 1.05 bits per heavy atom. The van der Waals surface area contributed by atoms with Gasteiger partial charge in [-0.2, -0.15) is 9.61 Å². The van der Waals surface area contributed by atoms with Gasteiger partial charge in [-0.15, -0.1) is 10.2 Å². The number of fused-ring (bicyclic) bond motifs is 1. The minimum absolute atomic E-state index is 0.0236. The molecule has 0 bridgehead atoms. The van der Waals surface area contributed by atoms with Gasteiger partial charge in [-0.1, -0.05) is 17.4 Å². The summed E-state index contributed by atoms with van der Waals surface area (Å²) in [5.74, 6) is -1.73. The summed E-state index contributed by atoms with van der Waals surface area (Å²) in [6.45, 7) is 0. The second-order valence-electron chi connectivity index (χ2n) is 4.47. The van der Waals surface area contributed by atoms with E-state index in [-0.39, 0.29) is 11.4 Å². The van der Waals surface area contributed by atoms with Crippen molar-refractivity contribution in [2.45, 2.75) is 0 Å². The van der Waals surface area contributed by atoms with Crippen LogP contribution in [-0.4, -0.2) is 24.8 Å². The van der Waals surface area contributed by atoms with Crippen LogP contribution in [0.5, 0.6) is 0 Å². The number of halogens is 2. The SMILES string of the molecule is Fc1cccc(-c2nnc3sc(-c4cccnc4)nn23)c1F. The van der Waals surface area contributed by atoms with E-state index in [0.29, 0.717) is 9.97 Å². The summed E-state index contributed by atoms with van der Waals surface area (Å²) >= 11 is 1.30. The molecule has 0 N–H and O–H groups in total. The predicted octanol–water partition coefficient (Wildman–Crippen LogP) is 3.19. The first kappa shape index (κ1) is 13.0. The lowest BCUT2D eigenvalue weighted by atomic mass is 10.2. The van der Waals surface area contributed by atoms with E-state index in [9.17, 15) is 8.78 Å². The molecule has 0 saturated carbocycles. The summed E-state index contributed by atoms with van der Waals surface area (Å²) in [5.41, 5.74) is 0.846. The van der Waals surface area contributed by atoms with E-state index in [4.69, 9.17) is 0 Å². The number of aromatic nitrogens is 5. The van der Waals surface area contributed by atoms with Gasteiger partial charge in [0, 0.05) is 18.0 Å². The molecular weight excluding hydrogens is 308 g/mol. The predicted molar refractivity (Wildman–Crippen MR) is 77.2 cm³/mol. The molecule has 8 heteroatoms. The molecule has 0 unspecified atom stereocenters. The zero-order valence-corrected chi connectivity index (χ0v) is 11.8. The van der Waals surface area contributed by atoms with Gasteiger partial charge in [-0.3, -0.25) is 4.98 Å². The van der Waals surface area contributed by atoms with E-state index in [0.717, 1.165) is 11.6 Å². The van der Waals surface area contributed by atoms with Gasteiger partial charge in [0.25, 0.3) is 0 Å². The van der Waals surface area contributed by atoms with Crippen molar-refractivity contribution in [3.05, 3.63) is 54.4 Å². The third-order valence-corrected chi connectivity index (χ3v) is 4.04. The van der Waals surface area contributed by atoms with Gasteiger partial charge in [-0.25, -0.2) is 8.78 Å². The van der Waals surface area contributed by atoms with Crippen molar-refractivity contribution in [1.82, 2.24) is 24.8 Å². The number of nitrogens with zero attached hydrogens (tertiary/aromatic N) is 5. The van der Waals surface area contributed by atoms with E-state index >= 15 is 0 Å². The number of hydrogen-bond donors (Lipinski definition) is 0. The van der Waals surface area contributed by atoms with Gasteiger partial charge in [-0.05, 0) is 24.3 Å². The smallest absolute Gasteiger partial charge is 0.235 e. The van der Waals surface area contributed by atoms with E-state index in [1.807, 2.05) is 6.07 Å². The van der Waals surface area contributed by atoms with Crippen LogP contribution >= 0.6 is 11.3 Å². The molecule has 0 atom stereocenters. The van der Waals surface area contributed by atoms with E-state index < -0.39 is 11.6 Å². The lowest BCUT2D eigenvalue weighted by Gasteiger charge is -2.00. The highest BCUT2D eigenvalue weighted by atomic mass is 32.1. The number of hydrogen-bond acceptors (Lipinski definition) is 5. The first-order chi connectivity index (χ1) is 10.7. The molecule has 3 aromatic heterocycles. The summed E-state index contributed by atoms with van der Waals surface area (Å²) in [5, 5.41) is 12.9. The average Bonchev–Trinajstić information content (AvgIpc) is 3.12. The maximum absolute atomic E-state index is 13.9. The maximum atomic E-state index is 13.9. The lowest BCUT2D eigenvalue weighted by molar-refractivity contribution is 0.510. The monoisotopic (exact) mass is 315 g/mol. The second-order valence-corrected chi connectivity index (χ2v) is 5.42. The Labute approximate surface area is 126 Å². The second kappa shape index (κ2) is 4.92. The highest BCUT2D eigenvalue weighted by molar-refractivity contribution is 7.19. The van der Waals surface area contributed by atoms with E-state index in [1.54, 1.807) is 18.5 Å². The minimum Gasteiger partial charge on any atom is -0.264 e. The highest BCUT2D eigenvalue weighted by Gasteiger charge is 2.18. The fourth-order valence-electron chi connectivity index (χ4n) is 2.07. The summed E-state index contributed by atoms with van der Waals surface area (Å²) in [7, 11) is 0. The molecule has 3 heterocycles. The number of benzene rings is 1. The molecule has 4 rings (SSSR count). The quantitative estimate of drug-likeness (QED) is 0.570. The molecule has 22 heavy (non-hydrogen) atoms. The first-order valence-electron chi connectivity index (χ1n) is 6.31. The standard InChI is InChI=1S/C14H7F2N5S/c15-10-5-1-4-9(11(10)16)12-18-19-14-21(12)20-13(22-14)8-3-2-6-17-7-8/h1-7H. The van der Waals surface area contributed by atoms with Crippen LogP contribution in [-0.2, 0) is 0 Å². The largest absolute Gasteiger partial charge is 0.264 e. The molecule has 0 saturated heterocycles. The van der Waals surface area contributed by atoms with E-state index in [2.05, 4.69) is 20.3 Å². The maximum Gasteiger partial charge on any atom is 0.235 e. The van der Waals surface area contributed by atoms with Gasteiger partial charge in [0.15, 0.2) is 17.5 Å². The Hall–Kier alpha value is -2.74. The zero-order chi connectivity index (χ0) is 15.1. The molecule has 0 spiro atoms. The van der Waals surface area contributed by atoms with Gasteiger partial charge in [0.05, 0.1) is 5.56 Å². The molecule has 5 nitrogen and oxygen atoms in total. The van der Waals surface area contributed by atoms with Crippen LogP contribution in [0.3, 0.4) is 0 Å². The fourth-order valence-corrected chi connectivity index (χ4v) is 2.90. The molecule has 0 radical (unpaired) electrons. The van der Waals surface area contributed by atoms with Crippen LogP contribution in [0.1, 0.15) is 0 Å². The molecule has 0 fully saturated rings. The third kappa shape index (κ3) is 1.96.